The van der Waals surface area contributed by atoms with Gasteiger partial charge >= 0.3 is 11.7 Å². The smallest absolute Gasteiger partial charge is 0.353 e. The number of carbonyl (C=O) groups is 1. The summed E-state index contributed by atoms with van der Waals surface area (Å²) in [5.74, 6) is -1.08. The van der Waals surface area contributed by atoms with Gasteiger partial charge in [0.25, 0.3) is 0 Å². The first-order valence-electron chi connectivity index (χ1n) is 5.33. The molecule has 3 rings (SSSR count). The van der Waals surface area contributed by atoms with Crippen molar-refractivity contribution in [3.05, 3.63) is 40.4 Å². The quantitative estimate of drug-likeness (QED) is 0.734. The summed E-state index contributed by atoms with van der Waals surface area (Å²) in [5.41, 5.74) is 0.285. The zero-order valence-electron chi connectivity index (χ0n) is 9.78. The number of benzene rings is 1. The van der Waals surface area contributed by atoms with Gasteiger partial charge in [-0.1, -0.05) is 0 Å². The number of nitrogens with zero attached hydrogens (tertiary/aromatic N) is 2. The average molecular weight is 292 g/mol. The first kappa shape index (κ1) is 12.2. The lowest BCUT2D eigenvalue weighted by Crippen LogP contribution is -2.17. The Morgan fingerprint density at radius 2 is 2.26 bits per heavy atom. The minimum atomic E-state index is -1.08. The van der Waals surface area contributed by atoms with Crippen molar-refractivity contribution < 1.29 is 9.90 Å². The second-order valence-electron chi connectivity index (χ2n) is 3.84. The van der Waals surface area contributed by atoms with Crippen LogP contribution in [0.1, 0.15) is 10.4 Å². The highest BCUT2D eigenvalue weighted by molar-refractivity contribution is 7.98. The first-order chi connectivity index (χ1) is 9.11. The van der Waals surface area contributed by atoms with Gasteiger partial charge in [0.15, 0.2) is 0 Å². The molecular formula is C12H8N2O3S2. The summed E-state index contributed by atoms with van der Waals surface area (Å²) in [4.78, 5) is 28.1. The maximum atomic E-state index is 11.8. The van der Waals surface area contributed by atoms with Crippen LogP contribution in [0.3, 0.4) is 0 Å². The molecule has 7 heteroatoms. The number of aromatic carboxylic acids is 1. The molecule has 0 aliphatic carbocycles. The van der Waals surface area contributed by atoms with Gasteiger partial charge in [-0.2, -0.15) is 0 Å². The second kappa shape index (κ2) is 4.36. The third-order valence-corrected chi connectivity index (χ3v) is 4.64. The molecule has 2 heterocycles. The number of carboxylic acid groups (broad SMARTS) is 1. The lowest BCUT2D eigenvalue weighted by molar-refractivity contribution is 0.0698. The molecule has 1 aromatic carbocycles. The van der Waals surface area contributed by atoms with Crippen LogP contribution in [0.15, 0.2) is 34.1 Å². The van der Waals surface area contributed by atoms with Crippen LogP contribution >= 0.6 is 23.1 Å². The fourth-order valence-electron chi connectivity index (χ4n) is 1.89. The number of rotatable bonds is 2. The number of hydrogen-bond donors (Lipinski definition) is 1. The van der Waals surface area contributed by atoms with E-state index in [1.54, 1.807) is 11.8 Å². The zero-order chi connectivity index (χ0) is 13.6. The van der Waals surface area contributed by atoms with E-state index in [4.69, 9.17) is 5.11 Å². The van der Waals surface area contributed by atoms with Gasteiger partial charge in [0.2, 0.25) is 0 Å². The number of carboxylic acids is 1. The van der Waals surface area contributed by atoms with Crippen LogP contribution in [0.25, 0.3) is 15.0 Å². The lowest BCUT2D eigenvalue weighted by Gasteiger charge is -1.98. The molecule has 0 saturated heterocycles. The van der Waals surface area contributed by atoms with Crippen molar-refractivity contribution in [1.29, 1.82) is 0 Å². The third kappa shape index (κ3) is 1.82. The summed E-state index contributed by atoms with van der Waals surface area (Å²) >= 11 is 2.88. The summed E-state index contributed by atoms with van der Waals surface area (Å²) in [7, 11) is 0. The Labute approximate surface area is 115 Å². The van der Waals surface area contributed by atoms with E-state index in [9.17, 15) is 9.59 Å². The highest BCUT2D eigenvalue weighted by atomic mass is 32.2. The van der Waals surface area contributed by atoms with Crippen LogP contribution in [-0.2, 0) is 0 Å². The summed E-state index contributed by atoms with van der Waals surface area (Å²) in [5, 5.41) is 9.15. The predicted octanol–water partition coefficient (Wildman–Crippen LogP) is 2.33. The highest BCUT2D eigenvalue weighted by Gasteiger charge is 2.15. The Kier molecular flexibility index (Phi) is 2.79. The number of fused-ring (bicyclic) bond motifs is 3. The standard InChI is InChI=1S/C12H8N2O3S2/c1-18-6-2-3-8-9(4-6)19-10-7(11(15)16)5-13-12(17)14(8)10/h2-5H,1H3,(H,15,16). The van der Waals surface area contributed by atoms with Crippen molar-refractivity contribution in [3.8, 4) is 0 Å². The molecule has 0 aliphatic heterocycles. The first-order valence-corrected chi connectivity index (χ1v) is 7.37. The maximum absolute atomic E-state index is 11.8. The van der Waals surface area contributed by atoms with E-state index in [2.05, 4.69) is 4.98 Å². The van der Waals surface area contributed by atoms with E-state index in [1.165, 1.54) is 15.7 Å². The van der Waals surface area contributed by atoms with Gasteiger partial charge in [0.05, 0.1) is 16.4 Å². The maximum Gasteiger partial charge on any atom is 0.353 e. The molecule has 1 N–H and O–H groups in total. The molecule has 0 unspecified atom stereocenters. The monoisotopic (exact) mass is 292 g/mol. The van der Waals surface area contributed by atoms with E-state index in [-0.39, 0.29) is 5.56 Å². The van der Waals surface area contributed by atoms with Crippen molar-refractivity contribution in [2.24, 2.45) is 0 Å². The van der Waals surface area contributed by atoms with Gasteiger partial charge in [-0.05, 0) is 24.5 Å². The van der Waals surface area contributed by atoms with Gasteiger partial charge in [0, 0.05) is 4.90 Å². The van der Waals surface area contributed by atoms with Gasteiger partial charge < -0.3 is 5.11 Å². The van der Waals surface area contributed by atoms with Crippen LogP contribution in [0.4, 0.5) is 0 Å². The van der Waals surface area contributed by atoms with Gasteiger partial charge in [-0.3, -0.25) is 0 Å². The number of hydrogen-bond acceptors (Lipinski definition) is 5. The van der Waals surface area contributed by atoms with Crippen LogP contribution in [0.2, 0.25) is 0 Å². The molecule has 5 nitrogen and oxygen atoms in total. The molecule has 0 atom stereocenters. The van der Waals surface area contributed by atoms with Crippen molar-refractivity contribution in [2.45, 2.75) is 4.90 Å². The molecule has 0 saturated carbocycles. The van der Waals surface area contributed by atoms with E-state index in [0.717, 1.165) is 15.8 Å². The Hall–Kier alpha value is -1.86. The summed E-state index contributed by atoms with van der Waals surface area (Å²) in [6.07, 6.45) is 3.08. The molecule has 0 fully saturated rings. The average Bonchev–Trinajstić information content (AvgIpc) is 2.77. The van der Waals surface area contributed by atoms with Crippen LogP contribution in [-0.4, -0.2) is 26.7 Å². The Morgan fingerprint density at radius 3 is 2.95 bits per heavy atom. The van der Waals surface area contributed by atoms with Crippen LogP contribution in [0, 0.1) is 0 Å². The van der Waals surface area contributed by atoms with E-state index >= 15 is 0 Å². The van der Waals surface area contributed by atoms with Crippen molar-refractivity contribution in [2.75, 3.05) is 6.26 Å². The normalized spacial score (nSPS) is 11.2. The van der Waals surface area contributed by atoms with Gasteiger partial charge in [0.1, 0.15) is 10.4 Å². The van der Waals surface area contributed by atoms with Gasteiger partial charge in [-0.15, -0.1) is 23.1 Å². The topological polar surface area (TPSA) is 71.7 Å². The third-order valence-electron chi connectivity index (χ3n) is 2.77. The van der Waals surface area contributed by atoms with Gasteiger partial charge in [-0.25, -0.2) is 19.0 Å². The van der Waals surface area contributed by atoms with E-state index in [1.807, 2.05) is 24.5 Å². The molecule has 0 aliphatic rings. The highest BCUT2D eigenvalue weighted by Crippen LogP contribution is 2.30. The summed E-state index contributed by atoms with van der Waals surface area (Å²) in [6.45, 7) is 0. The fraction of sp³-hybridized carbons (Fsp3) is 0.0833. The Bertz CT molecular complexity index is 866. The molecule has 19 heavy (non-hydrogen) atoms. The molecule has 96 valence electrons. The second-order valence-corrected chi connectivity index (χ2v) is 5.75. The van der Waals surface area contributed by atoms with Crippen molar-refractivity contribution in [3.63, 3.8) is 0 Å². The number of thioether (sulfide) groups is 1. The summed E-state index contributed by atoms with van der Waals surface area (Å²) < 4.78 is 2.23. The molecule has 0 spiro atoms. The molecule has 0 amide bonds. The molecule has 0 bridgehead atoms. The van der Waals surface area contributed by atoms with E-state index in [0.29, 0.717) is 10.3 Å². The number of aromatic nitrogens is 2. The minimum absolute atomic E-state index is 0.0477. The van der Waals surface area contributed by atoms with Crippen LogP contribution in [0.5, 0.6) is 0 Å². The Morgan fingerprint density at radius 1 is 1.47 bits per heavy atom. The zero-order valence-corrected chi connectivity index (χ0v) is 11.4. The SMILES string of the molecule is CSc1ccc2c(c1)sc1c(C(=O)O)cnc(=O)n12. The number of thiazole rings is 1. The lowest BCUT2D eigenvalue weighted by atomic mass is 10.3. The molecular weight excluding hydrogens is 284 g/mol. The Balaban J connectivity index is 2.51. The van der Waals surface area contributed by atoms with Crippen molar-refractivity contribution in [1.82, 2.24) is 9.38 Å². The molecule has 0 radical (unpaired) electrons. The largest absolute Gasteiger partial charge is 0.478 e. The molecule has 3 aromatic rings. The van der Waals surface area contributed by atoms with E-state index < -0.39 is 11.7 Å². The summed E-state index contributed by atoms with van der Waals surface area (Å²) in [6, 6.07) is 5.67. The predicted molar refractivity (Wildman–Crippen MR) is 75.6 cm³/mol. The molecule has 2 aromatic heterocycles. The van der Waals surface area contributed by atoms with Crippen molar-refractivity contribution >= 4 is 44.1 Å². The van der Waals surface area contributed by atoms with Crippen LogP contribution < -0.4 is 5.69 Å². The minimum Gasteiger partial charge on any atom is -0.478 e. The fourth-order valence-corrected chi connectivity index (χ4v) is 3.58.